The minimum atomic E-state index is 0.142. The van der Waals surface area contributed by atoms with Crippen molar-refractivity contribution in [3.05, 3.63) is 54.1 Å². The number of nitrogens with zero attached hydrogens (tertiary/aromatic N) is 1. The molecule has 1 amide bonds. The Morgan fingerprint density at radius 3 is 2.35 bits per heavy atom. The highest BCUT2D eigenvalue weighted by molar-refractivity contribution is 6.00. The van der Waals surface area contributed by atoms with E-state index >= 15 is 0 Å². The van der Waals surface area contributed by atoms with Crippen LogP contribution in [-0.4, -0.2) is 5.91 Å². The summed E-state index contributed by atoms with van der Waals surface area (Å²) in [5.74, 6) is 0.761. The Morgan fingerprint density at radius 1 is 1.00 bits per heavy atom. The minimum Gasteiger partial charge on any atom is -0.304 e. The molecule has 1 aliphatic heterocycles. The van der Waals surface area contributed by atoms with Gasteiger partial charge in [-0.1, -0.05) is 42.5 Å². The number of rotatable bonds is 1. The fourth-order valence-corrected chi connectivity index (χ4v) is 3.44. The van der Waals surface area contributed by atoms with Gasteiger partial charge in [-0.3, -0.25) is 4.79 Å². The summed E-state index contributed by atoms with van der Waals surface area (Å²) in [6.45, 7) is 1.68. The minimum absolute atomic E-state index is 0.142. The van der Waals surface area contributed by atoms with Crippen molar-refractivity contribution < 1.29 is 4.79 Å². The van der Waals surface area contributed by atoms with Crippen LogP contribution in [0.5, 0.6) is 0 Å². The average molecular weight is 263 g/mol. The van der Waals surface area contributed by atoms with Crippen molar-refractivity contribution in [3.8, 4) is 11.1 Å². The fraction of sp³-hybridized carbons (Fsp3) is 0.278. The number of carbonyl (C=O) groups is 1. The van der Waals surface area contributed by atoms with Gasteiger partial charge in [0.1, 0.15) is 0 Å². The molecule has 2 heteroatoms. The van der Waals surface area contributed by atoms with Gasteiger partial charge in [-0.05, 0) is 36.0 Å². The maximum absolute atomic E-state index is 12.2. The van der Waals surface area contributed by atoms with Gasteiger partial charge in [-0.2, -0.15) is 0 Å². The predicted molar refractivity (Wildman–Crippen MR) is 80.5 cm³/mol. The van der Waals surface area contributed by atoms with Gasteiger partial charge >= 0.3 is 0 Å². The smallest absolute Gasteiger partial charge is 0.224 e. The lowest BCUT2D eigenvalue weighted by Crippen LogP contribution is -2.37. The molecule has 0 N–H and O–H groups in total. The summed E-state index contributed by atoms with van der Waals surface area (Å²) in [5, 5.41) is 0. The highest BCUT2D eigenvalue weighted by Crippen LogP contribution is 2.53. The molecule has 1 aliphatic carbocycles. The van der Waals surface area contributed by atoms with Gasteiger partial charge in [0.25, 0.3) is 0 Å². The lowest BCUT2D eigenvalue weighted by Gasteiger charge is -2.38. The molecule has 1 atom stereocenters. The van der Waals surface area contributed by atoms with Crippen LogP contribution in [0.3, 0.4) is 0 Å². The van der Waals surface area contributed by atoms with Gasteiger partial charge in [0.15, 0.2) is 0 Å². The van der Waals surface area contributed by atoms with Crippen LogP contribution in [0, 0.1) is 5.92 Å². The number of hydrogen-bond donors (Lipinski definition) is 0. The monoisotopic (exact) mass is 263 g/mol. The van der Waals surface area contributed by atoms with E-state index in [0.29, 0.717) is 5.92 Å². The van der Waals surface area contributed by atoms with Crippen molar-refractivity contribution in [1.29, 1.82) is 0 Å². The summed E-state index contributed by atoms with van der Waals surface area (Å²) in [5.41, 5.74) is 4.84. The largest absolute Gasteiger partial charge is 0.304 e. The summed E-state index contributed by atoms with van der Waals surface area (Å²) in [4.78, 5) is 14.2. The number of hydrogen-bond acceptors (Lipinski definition) is 1. The van der Waals surface area contributed by atoms with E-state index in [9.17, 15) is 4.79 Å². The van der Waals surface area contributed by atoms with Crippen LogP contribution in [0.1, 0.15) is 31.4 Å². The molecule has 0 aromatic heterocycles. The lowest BCUT2D eigenvalue weighted by molar-refractivity contribution is -0.117. The van der Waals surface area contributed by atoms with Gasteiger partial charge in [0.2, 0.25) is 5.91 Å². The SMILES string of the molecule is CC(=O)N1c2ccccc2-c2ccccc2C1C1CC1. The van der Waals surface area contributed by atoms with Gasteiger partial charge in [-0.15, -0.1) is 0 Å². The van der Waals surface area contributed by atoms with E-state index in [1.165, 1.54) is 29.5 Å². The second-order valence-corrected chi connectivity index (χ2v) is 5.78. The molecule has 0 radical (unpaired) electrons. The average Bonchev–Trinajstić information content (AvgIpc) is 3.30. The van der Waals surface area contributed by atoms with Crippen molar-refractivity contribution in [3.63, 3.8) is 0 Å². The zero-order valence-electron chi connectivity index (χ0n) is 11.5. The van der Waals surface area contributed by atoms with Gasteiger partial charge in [0, 0.05) is 12.5 Å². The van der Waals surface area contributed by atoms with Crippen LogP contribution in [0.4, 0.5) is 5.69 Å². The molecule has 2 aliphatic rings. The highest BCUT2D eigenvalue weighted by atomic mass is 16.2. The van der Waals surface area contributed by atoms with E-state index in [1.54, 1.807) is 6.92 Å². The summed E-state index contributed by atoms with van der Waals surface area (Å²) in [7, 11) is 0. The van der Waals surface area contributed by atoms with E-state index in [4.69, 9.17) is 0 Å². The molecule has 20 heavy (non-hydrogen) atoms. The van der Waals surface area contributed by atoms with Crippen LogP contribution >= 0.6 is 0 Å². The van der Waals surface area contributed by atoms with Crippen LogP contribution in [0.25, 0.3) is 11.1 Å². The molecule has 1 saturated carbocycles. The molecule has 0 saturated heterocycles. The molecule has 1 heterocycles. The van der Waals surface area contributed by atoms with E-state index in [2.05, 4.69) is 36.4 Å². The number of amides is 1. The maximum Gasteiger partial charge on any atom is 0.224 e. The number of benzene rings is 2. The van der Waals surface area contributed by atoms with Gasteiger partial charge in [-0.25, -0.2) is 0 Å². The number of para-hydroxylation sites is 1. The Morgan fingerprint density at radius 2 is 1.65 bits per heavy atom. The first-order chi connectivity index (χ1) is 9.77. The topological polar surface area (TPSA) is 20.3 Å². The molecule has 0 spiro atoms. The predicted octanol–water partition coefficient (Wildman–Crippen LogP) is 4.17. The Labute approximate surface area is 119 Å². The van der Waals surface area contributed by atoms with E-state index in [0.717, 1.165) is 5.69 Å². The number of anilines is 1. The van der Waals surface area contributed by atoms with Crippen molar-refractivity contribution in [2.75, 3.05) is 4.90 Å². The summed E-state index contributed by atoms with van der Waals surface area (Å²) in [6, 6.07) is 17.0. The van der Waals surface area contributed by atoms with E-state index in [1.807, 2.05) is 17.0 Å². The van der Waals surface area contributed by atoms with Crippen LogP contribution < -0.4 is 4.90 Å². The second-order valence-electron chi connectivity index (χ2n) is 5.78. The van der Waals surface area contributed by atoms with Crippen LogP contribution in [0.2, 0.25) is 0 Å². The quantitative estimate of drug-likeness (QED) is 0.756. The fourth-order valence-electron chi connectivity index (χ4n) is 3.44. The third kappa shape index (κ3) is 1.61. The first kappa shape index (κ1) is 11.7. The summed E-state index contributed by atoms with van der Waals surface area (Å²) in [6.07, 6.45) is 2.45. The molecular weight excluding hydrogens is 246 g/mol. The Balaban J connectivity index is 2.00. The van der Waals surface area contributed by atoms with Crippen molar-refractivity contribution >= 4 is 11.6 Å². The first-order valence-corrected chi connectivity index (χ1v) is 7.25. The van der Waals surface area contributed by atoms with E-state index < -0.39 is 0 Å². The lowest BCUT2D eigenvalue weighted by atomic mass is 9.86. The van der Waals surface area contributed by atoms with Crippen molar-refractivity contribution in [2.24, 2.45) is 5.92 Å². The Bertz CT molecular complexity index is 687. The zero-order chi connectivity index (χ0) is 13.7. The standard InChI is InChI=1S/C18H17NO/c1-12(20)19-17-9-5-4-7-15(17)14-6-2-3-8-16(14)18(19)13-10-11-13/h2-9,13,18H,10-11H2,1H3. The molecule has 1 unspecified atom stereocenters. The number of carbonyl (C=O) groups excluding carboxylic acids is 1. The maximum atomic E-state index is 12.2. The molecule has 4 rings (SSSR count). The van der Waals surface area contributed by atoms with Crippen LogP contribution in [-0.2, 0) is 4.79 Å². The van der Waals surface area contributed by atoms with Crippen molar-refractivity contribution in [2.45, 2.75) is 25.8 Å². The highest BCUT2D eigenvalue weighted by Gasteiger charge is 2.42. The number of fused-ring (bicyclic) bond motifs is 3. The Hall–Kier alpha value is -2.09. The first-order valence-electron chi connectivity index (χ1n) is 7.25. The molecule has 2 aromatic rings. The molecule has 1 fully saturated rings. The molecule has 2 aromatic carbocycles. The third-order valence-electron chi connectivity index (χ3n) is 4.42. The van der Waals surface area contributed by atoms with Crippen LogP contribution in [0.15, 0.2) is 48.5 Å². The molecule has 100 valence electrons. The van der Waals surface area contributed by atoms with Crippen molar-refractivity contribution in [1.82, 2.24) is 0 Å². The third-order valence-corrected chi connectivity index (χ3v) is 4.42. The van der Waals surface area contributed by atoms with E-state index in [-0.39, 0.29) is 11.9 Å². The molecule has 0 bridgehead atoms. The van der Waals surface area contributed by atoms with Gasteiger partial charge in [0.05, 0.1) is 11.7 Å². The zero-order valence-corrected chi connectivity index (χ0v) is 11.5. The van der Waals surface area contributed by atoms with Gasteiger partial charge < -0.3 is 4.90 Å². The summed E-state index contributed by atoms with van der Waals surface area (Å²) >= 11 is 0. The Kier molecular flexibility index (Phi) is 2.46. The normalized spacial score (nSPS) is 20.2. The molecule has 2 nitrogen and oxygen atoms in total. The second kappa shape index (κ2) is 4.20. The summed E-state index contributed by atoms with van der Waals surface area (Å²) < 4.78 is 0. The molecular formula is C18H17NO.